The molecule has 0 aromatic rings. The number of carbonyl (C=O) groups excluding carboxylic acids is 2. The Labute approximate surface area is 102 Å². The van der Waals surface area contributed by atoms with Gasteiger partial charge in [0.15, 0.2) is 0 Å². The van der Waals surface area contributed by atoms with Crippen LogP contribution in [-0.4, -0.2) is 46.1 Å². The molecule has 3 amide bonds. The number of carbonyl (C=O) groups is 3. The highest BCUT2D eigenvalue weighted by Gasteiger charge is 2.43. The van der Waals surface area contributed by atoms with E-state index < -0.39 is 29.5 Å². The largest absolute Gasteiger partial charge is 0.479 e. The van der Waals surface area contributed by atoms with Crippen molar-refractivity contribution in [3.63, 3.8) is 0 Å². The molecule has 0 saturated carbocycles. The molecule has 0 aromatic heterocycles. The summed E-state index contributed by atoms with van der Waals surface area (Å²) >= 11 is 1.47. The molecule has 1 aliphatic rings. The first kappa shape index (κ1) is 13.6. The second kappa shape index (κ2) is 5.26. The Bertz CT molecular complexity index is 341. The molecule has 2 atom stereocenters. The van der Waals surface area contributed by atoms with E-state index in [1.165, 1.54) is 18.7 Å². The van der Waals surface area contributed by atoms with E-state index in [2.05, 4.69) is 10.6 Å². The highest BCUT2D eigenvalue weighted by molar-refractivity contribution is 7.99. The summed E-state index contributed by atoms with van der Waals surface area (Å²) in [5.74, 6) is -0.586. The van der Waals surface area contributed by atoms with Crippen molar-refractivity contribution in [2.24, 2.45) is 5.73 Å². The first-order valence-corrected chi connectivity index (χ1v) is 6.22. The van der Waals surface area contributed by atoms with Crippen LogP contribution < -0.4 is 16.4 Å². The molecule has 96 valence electrons. The van der Waals surface area contributed by atoms with Crippen LogP contribution in [0.4, 0.5) is 4.79 Å². The van der Waals surface area contributed by atoms with Gasteiger partial charge in [-0.25, -0.2) is 9.59 Å². The molecule has 1 fully saturated rings. The molecule has 7 nitrogen and oxygen atoms in total. The van der Waals surface area contributed by atoms with E-state index in [9.17, 15) is 14.4 Å². The fourth-order valence-corrected chi connectivity index (χ4v) is 2.83. The van der Waals surface area contributed by atoms with E-state index >= 15 is 0 Å². The van der Waals surface area contributed by atoms with E-state index in [-0.39, 0.29) is 0 Å². The smallest absolute Gasteiger partial charge is 0.330 e. The van der Waals surface area contributed by atoms with Gasteiger partial charge in [0.2, 0.25) is 5.91 Å². The Morgan fingerprint density at radius 2 is 2.12 bits per heavy atom. The van der Waals surface area contributed by atoms with Gasteiger partial charge in [-0.3, -0.25) is 4.79 Å². The molecule has 1 heterocycles. The van der Waals surface area contributed by atoms with Gasteiger partial charge in [-0.1, -0.05) is 0 Å². The summed E-state index contributed by atoms with van der Waals surface area (Å²) in [6.45, 7) is 1.44. The van der Waals surface area contributed by atoms with Crippen LogP contribution in [-0.2, 0) is 9.59 Å². The number of rotatable bonds is 4. The average molecular weight is 261 g/mol. The molecule has 5 N–H and O–H groups in total. The van der Waals surface area contributed by atoms with Crippen LogP contribution in [0.25, 0.3) is 0 Å². The number of carboxylic acids is 1. The molecule has 0 bridgehead atoms. The summed E-state index contributed by atoms with van der Waals surface area (Å²) in [6, 6.07) is -1.67. The molecule has 0 aliphatic carbocycles. The van der Waals surface area contributed by atoms with E-state index in [1.807, 2.05) is 0 Å². The zero-order valence-corrected chi connectivity index (χ0v) is 10.2. The van der Waals surface area contributed by atoms with Gasteiger partial charge in [-0.15, -0.1) is 0 Å². The van der Waals surface area contributed by atoms with Crippen molar-refractivity contribution in [1.82, 2.24) is 10.6 Å². The van der Waals surface area contributed by atoms with Gasteiger partial charge in [0, 0.05) is 5.75 Å². The van der Waals surface area contributed by atoms with Crippen LogP contribution >= 0.6 is 11.8 Å². The lowest BCUT2D eigenvalue weighted by atomic mass is 9.99. The van der Waals surface area contributed by atoms with Gasteiger partial charge in [-0.2, -0.15) is 11.8 Å². The monoisotopic (exact) mass is 261 g/mol. The minimum absolute atomic E-state index is 0.331. The lowest BCUT2D eigenvalue weighted by molar-refractivity contribution is -0.146. The number of hydrogen-bond donors (Lipinski definition) is 4. The van der Waals surface area contributed by atoms with E-state index in [0.29, 0.717) is 17.9 Å². The summed E-state index contributed by atoms with van der Waals surface area (Å²) in [5.41, 5.74) is 3.65. The zero-order valence-electron chi connectivity index (χ0n) is 9.36. The molecule has 8 heteroatoms. The molecule has 17 heavy (non-hydrogen) atoms. The fourth-order valence-electron chi connectivity index (χ4n) is 1.51. The maximum absolute atomic E-state index is 11.7. The number of carboxylic acid groups (broad SMARTS) is 1. The number of nitrogens with one attached hydrogen (secondary N) is 2. The number of nitrogens with two attached hydrogens (primary N) is 1. The second-order valence-electron chi connectivity index (χ2n) is 3.91. The number of aliphatic carboxylic acids is 1. The number of thioether (sulfide) groups is 1. The second-order valence-corrected chi connectivity index (χ2v) is 5.01. The van der Waals surface area contributed by atoms with Crippen molar-refractivity contribution in [3.8, 4) is 0 Å². The van der Waals surface area contributed by atoms with Gasteiger partial charge < -0.3 is 21.5 Å². The molecule has 1 aliphatic heterocycles. The van der Waals surface area contributed by atoms with Crippen molar-refractivity contribution < 1.29 is 19.5 Å². The predicted octanol–water partition coefficient (Wildman–Crippen LogP) is -0.880. The van der Waals surface area contributed by atoms with Crippen molar-refractivity contribution in [2.75, 3.05) is 11.5 Å². The summed E-state index contributed by atoms with van der Waals surface area (Å²) in [5, 5.41) is 13.8. The number of primary amides is 1. The topological polar surface area (TPSA) is 122 Å². The quantitative estimate of drug-likeness (QED) is 0.523. The highest BCUT2D eigenvalue weighted by Crippen LogP contribution is 2.28. The summed E-state index contributed by atoms with van der Waals surface area (Å²) in [6.07, 6.45) is 0.377. The highest BCUT2D eigenvalue weighted by atomic mass is 32.2. The number of hydrogen-bond acceptors (Lipinski definition) is 4. The van der Waals surface area contributed by atoms with Crippen LogP contribution in [0.1, 0.15) is 13.3 Å². The average Bonchev–Trinajstić information content (AvgIpc) is 2.66. The normalized spacial score (nSPS) is 25.0. The molecule has 0 aromatic carbocycles. The maximum Gasteiger partial charge on any atom is 0.330 e. The third kappa shape index (κ3) is 3.26. The molecule has 2 unspecified atom stereocenters. The summed E-state index contributed by atoms with van der Waals surface area (Å²) < 4.78 is 0. The maximum atomic E-state index is 11.7. The molecular weight excluding hydrogens is 246 g/mol. The first-order chi connectivity index (χ1) is 7.87. The summed E-state index contributed by atoms with van der Waals surface area (Å²) in [7, 11) is 0. The molecule has 0 spiro atoms. The van der Waals surface area contributed by atoms with Crippen LogP contribution in [0, 0.1) is 0 Å². The van der Waals surface area contributed by atoms with E-state index in [4.69, 9.17) is 10.8 Å². The van der Waals surface area contributed by atoms with Crippen molar-refractivity contribution >= 4 is 29.7 Å². The predicted molar refractivity (Wildman–Crippen MR) is 62.6 cm³/mol. The molecular formula is C9H15N3O4S. The molecule has 1 rings (SSSR count). The Hall–Kier alpha value is -1.44. The summed E-state index contributed by atoms with van der Waals surface area (Å²) in [4.78, 5) is 33.4. The van der Waals surface area contributed by atoms with Crippen LogP contribution in [0.15, 0.2) is 0 Å². The van der Waals surface area contributed by atoms with Gasteiger partial charge in [0.1, 0.15) is 11.6 Å². The molecule has 0 radical (unpaired) electrons. The Morgan fingerprint density at radius 1 is 1.47 bits per heavy atom. The van der Waals surface area contributed by atoms with Crippen LogP contribution in [0.3, 0.4) is 0 Å². The van der Waals surface area contributed by atoms with Gasteiger partial charge >= 0.3 is 12.0 Å². The zero-order chi connectivity index (χ0) is 13.1. The van der Waals surface area contributed by atoms with Gasteiger partial charge in [0.05, 0.1) is 0 Å². The van der Waals surface area contributed by atoms with Gasteiger partial charge in [0.25, 0.3) is 0 Å². The number of urea groups is 1. The van der Waals surface area contributed by atoms with Crippen LogP contribution in [0.2, 0.25) is 0 Å². The minimum Gasteiger partial charge on any atom is -0.479 e. The first-order valence-electron chi connectivity index (χ1n) is 5.06. The van der Waals surface area contributed by atoms with Crippen molar-refractivity contribution in [3.05, 3.63) is 0 Å². The molecule has 1 saturated heterocycles. The third-order valence-electron chi connectivity index (χ3n) is 2.55. The van der Waals surface area contributed by atoms with Crippen molar-refractivity contribution in [2.45, 2.75) is 24.9 Å². The Kier molecular flexibility index (Phi) is 4.22. The lowest BCUT2D eigenvalue weighted by Gasteiger charge is -2.26. The van der Waals surface area contributed by atoms with Crippen molar-refractivity contribution in [1.29, 1.82) is 0 Å². The minimum atomic E-state index is -1.23. The SMILES string of the molecule is CC(NC(N)=O)C(=O)NC1(C(=O)O)CCSC1. The third-order valence-corrected chi connectivity index (χ3v) is 3.74. The fraction of sp³-hybridized carbons (Fsp3) is 0.667. The lowest BCUT2D eigenvalue weighted by Crippen LogP contribution is -2.59. The standard InChI is InChI=1S/C9H15N3O4S/c1-5(11-8(10)16)6(13)12-9(7(14)15)2-3-17-4-9/h5H,2-4H2,1H3,(H,12,13)(H,14,15)(H3,10,11,16). The van der Waals surface area contributed by atoms with Gasteiger partial charge in [-0.05, 0) is 19.1 Å². The van der Waals surface area contributed by atoms with Crippen LogP contribution in [0.5, 0.6) is 0 Å². The number of amides is 3. The van der Waals surface area contributed by atoms with E-state index in [0.717, 1.165) is 0 Å². The Morgan fingerprint density at radius 3 is 2.53 bits per heavy atom. The Balaban J connectivity index is 2.65. The van der Waals surface area contributed by atoms with E-state index in [1.54, 1.807) is 0 Å².